The third-order valence-electron chi connectivity index (χ3n) is 3.06. The van der Waals surface area contributed by atoms with E-state index in [0.29, 0.717) is 12.5 Å². The van der Waals surface area contributed by atoms with E-state index < -0.39 is 0 Å². The Balaban J connectivity index is 0.00000161. The van der Waals surface area contributed by atoms with Gasteiger partial charge in [0.1, 0.15) is 12.4 Å². The first kappa shape index (κ1) is 18.4. The molecule has 0 spiro atoms. The molecule has 1 saturated heterocycles. The largest absolute Gasteiger partial charge is 1.00 e. The summed E-state index contributed by atoms with van der Waals surface area (Å²) in [6.45, 7) is 4.76. The maximum atomic E-state index is 5.83. The molecule has 1 aromatic carbocycles. The van der Waals surface area contributed by atoms with Gasteiger partial charge in [-0.1, -0.05) is 30.8 Å². The van der Waals surface area contributed by atoms with E-state index in [1.807, 2.05) is 24.8 Å². The van der Waals surface area contributed by atoms with Crippen molar-refractivity contribution in [2.24, 2.45) is 5.92 Å². The Kier molecular flexibility index (Phi) is 8.24. The Hall–Kier alpha value is 1.08. The fraction of sp³-hybridized carbons (Fsp3) is 0.312. The van der Waals surface area contributed by atoms with Gasteiger partial charge < -0.3 is 9.47 Å². The van der Waals surface area contributed by atoms with Crippen molar-refractivity contribution in [1.29, 1.82) is 0 Å². The molecule has 2 heterocycles. The molecule has 106 valence electrons. The van der Waals surface area contributed by atoms with Crippen LogP contribution in [0.2, 0.25) is 0 Å². The average Bonchev–Trinajstić information content (AvgIpc) is 3.09. The van der Waals surface area contributed by atoms with Crippen LogP contribution in [0.3, 0.4) is 0 Å². The first-order valence-electron chi connectivity index (χ1n) is 6.70. The minimum absolute atomic E-state index is 0. The molecule has 5 heteroatoms. The van der Waals surface area contributed by atoms with Crippen LogP contribution in [0.4, 0.5) is 0 Å². The standard InChI is InChI=1S/C16H17O2S2.Cs/c1-12-8-16(18-10-12)20-14-5-2-4-13(9-14)17-11-15-6-3-7-19-15;/h2-7,9-10,12,16H,8,11H2,1H3;/q-1;+1/t12-,16?;/m1./s1. The number of hydrogen-bond donors (Lipinski definition) is 0. The van der Waals surface area contributed by atoms with Crippen LogP contribution in [0.5, 0.6) is 5.75 Å². The van der Waals surface area contributed by atoms with E-state index in [1.54, 1.807) is 23.1 Å². The summed E-state index contributed by atoms with van der Waals surface area (Å²) < 4.78 is 11.5. The number of hydrogen-bond acceptors (Lipinski definition) is 4. The molecule has 1 aromatic heterocycles. The predicted octanol–water partition coefficient (Wildman–Crippen LogP) is 1.97. The Labute approximate surface area is 193 Å². The third kappa shape index (κ3) is 5.90. The van der Waals surface area contributed by atoms with Gasteiger partial charge >= 0.3 is 68.9 Å². The van der Waals surface area contributed by atoms with Crippen LogP contribution in [0.25, 0.3) is 0 Å². The van der Waals surface area contributed by atoms with Crippen molar-refractivity contribution in [2.45, 2.75) is 30.3 Å². The van der Waals surface area contributed by atoms with Crippen molar-refractivity contribution in [1.82, 2.24) is 0 Å². The van der Waals surface area contributed by atoms with E-state index >= 15 is 0 Å². The first-order valence-corrected chi connectivity index (χ1v) is 8.46. The van der Waals surface area contributed by atoms with Gasteiger partial charge in [-0.2, -0.15) is 0 Å². The molecule has 1 unspecified atom stereocenters. The molecular formula is C16H17CsO2S2. The fourth-order valence-corrected chi connectivity index (χ4v) is 3.83. The van der Waals surface area contributed by atoms with E-state index in [9.17, 15) is 0 Å². The minimum Gasteiger partial charge on any atom is -0.542 e. The van der Waals surface area contributed by atoms with Crippen LogP contribution in [0.1, 0.15) is 18.2 Å². The monoisotopic (exact) mass is 438 g/mol. The van der Waals surface area contributed by atoms with Gasteiger partial charge in [0, 0.05) is 9.77 Å². The normalized spacial score (nSPS) is 21.0. The first-order chi connectivity index (χ1) is 9.79. The summed E-state index contributed by atoms with van der Waals surface area (Å²) in [6.07, 6.45) is 1.07. The Morgan fingerprint density at radius 1 is 1.38 bits per heavy atom. The molecule has 0 radical (unpaired) electrons. The molecule has 21 heavy (non-hydrogen) atoms. The van der Waals surface area contributed by atoms with Gasteiger partial charge in [-0.3, -0.25) is 0 Å². The average molecular weight is 438 g/mol. The second-order valence-electron chi connectivity index (χ2n) is 4.88. The van der Waals surface area contributed by atoms with E-state index in [1.165, 1.54) is 9.77 Å². The van der Waals surface area contributed by atoms with Crippen molar-refractivity contribution in [3.63, 3.8) is 0 Å². The summed E-state index contributed by atoms with van der Waals surface area (Å²) in [6, 6.07) is 12.4. The van der Waals surface area contributed by atoms with Gasteiger partial charge in [-0.25, -0.2) is 6.61 Å². The van der Waals surface area contributed by atoms with Crippen LogP contribution < -0.4 is 73.6 Å². The van der Waals surface area contributed by atoms with Crippen molar-refractivity contribution in [3.05, 3.63) is 53.3 Å². The Bertz CT molecular complexity index is 545. The van der Waals surface area contributed by atoms with Gasteiger partial charge in [-0.15, -0.1) is 17.3 Å². The molecule has 3 rings (SSSR count). The SMILES string of the molecule is C[C@H]1[CH-]OC(Sc2cccc(OCc3cccs3)c2)C1.[Cs+]. The maximum absolute atomic E-state index is 5.83. The van der Waals surface area contributed by atoms with E-state index in [2.05, 4.69) is 30.5 Å². The summed E-state index contributed by atoms with van der Waals surface area (Å²) in [5.74, 6) is 1.46. The molecule has 1 aliphatic rings. The molecule has 0 N–H and O–H groups in total. The number of benzene rings is 1. The summed E-state index contributed by atoms with van der Waals surface area (Å²) >= 11 is 3.48. The number of rotatable bonds is 5. The summed E-state index contributed by atoms with van der Waals surface area (Å²) in [7, 11) is 0. The zero-order chi connectivity index (χ0) is 13.8. The summed E-state index contributed by atoms with van der Waals surface area (Å²) in [5.41, 5.74) is 0.234. The van der Waals surface area contributed by atoms with Crippen LogP contribution in [-0.4, -0.2) is 5.44 Å². The van der Waals surface area contributed by atoms with Crippen molar-refractivity contribution in [2.75, 3.05) is 0 Å². The topological polar surface area (TPSA) is 18.5 Å². The Morgan fingerprint density at radius 2 is 2.29 bits per heavy atom. The van der Waals surface area contributed by atoms with Gasteiger partial charge in [0.15, 0.2) is 0 Å². The summed E-state index contributed by atoms with van der Waals surface area (Å²) in [5, 5.41) is 2.07. The quantitative estimate of drug-likeness (QED) is 0.666. The fourth-order valence-electron chi connectivity index (χ4n) is 2.05. The van der Waals surface area contributed by atoms with Gasteiger partial charge in [-0.05, 0) is 36.1 Å². The zero-order valence-electron chi connectivity index (χ0n) is 12.3. The molecule has 0 saturated carbocycles. The van der Waals surface area contributed by atoms with Crippen LogP contribution in [0.15, 0.2) is 46.7 Å². The minimum atomic E-state index is 0. The molecule has 2 nitrogen and oxygen atoms in total. The van der Waals surface area contributed by atoms with Gasteiger partial charge in [0.25, 0.3) is 0 Å². The maximum Gasteiger partial charge on any atom is 1.00 e. The van der Waals surface area contributed by atoms with E-state index in [0.717, 1.165) is 12.2 Å². The predicted molar refractivity (Wildman–Crippen MR) is 83.9 cm³/mol. The smallest absolute Gasteiger partial charge is 0.542 e. The van der Waals surface area contributed by atoms with E-state index in [4.69, 9.17) is 9.47 Å². The number of ether oxygens (including phenoxy) is 2. The van der Waals surface area contributed by atoms with E-state index in [-0.39, 0.29) is 74.3 Å². The van der Waals surface area contributed by atoms with Gasteiger partial charge in [0.2, 0.25) is 0 Å². The van der Waals surface area contributed by atoms with Gasteiger partial charge in [0.05, 0.1) is 5.44 Å². The molecule has 2 aromatic rings. The second kappa shape index (κ2) is 9.40. The van der Waals surface area contributed by atoms with Crippen molar-refractivity contribution >= 4 is 23.1 Å². The molecule has 1 fully saturated rings. The second-order valence-corrected chi connectivity index (χ2v) is 7.14. The zero-order valence-corrected chi connectivity index (χ0v) is 20.2. The third-order valence-corrected chi connectivity index (χ3v) is 5.00. The van der Waals surface area contributed by atoms with Crippen LogP contribution in [-0.2, 0) is 11.3 Å². The molecule has 0 aliphatic carbocycles. The van der Waals surface area contributed by atoms with Crippen molar-refractivity contribution in [3.8, 4) is 5.75 Å². The number of thiophene rings is 1. The van der Waals surface area contributed by atoms with Crippen molar-refractivity contribution < 1.29 is 78.4 Å². The molecule has 2 atom stereocenters. The molecule has 1 aliphatic heterocycles. The number of thioether (sulfide) groups is 1. The van der Waals surface area contributed by atoms with Crippen LogP contribution >= 0.6 is 23.1 Å². The Morgan fingerprint density at radius 3 is 3.00 bits per heavy atom. The van der Waals surface area contributed by atoms with Crippen LogP contribution in [0, 0.1) is 12.5 Å². The molecular weight excluding hydrogens is 421 g/mol. The molecule has 0 amide bonds. The summed E-state index contributed by atoms with van der Waals surface area (Å²) in [4.78, 5) is 2.44. The molecule has 0 bridgehead atoms.